The van der Waals surface area contributed by atoms with Crippen LogP contribution in [0.2, 0.25) is 0 Å². The summed E-state index contributed by atoms with van der Waals surface area (Å²) in [4.78, 5) is 12.1. The molecule has 7 heteroatoms. The highest BCUT2D eigenvalue weighted by molar-refractivity contribution is 7.99. The van der Waals surface area contributed by atoms with Crippen LogP contribution in [0.15, 0.2) is 16.3 Å². The van der Waals surface area contributed by atoms with Gasteiger partial charge in [-0.15, -0.1) is 11.3 Å². The number of halogens is 2. The first kappa shape index (κ1) is 13.4. The fourth-order valence-electron chi connectivity index (χ4n) is 1.01. The van der Waals surface area contributed by atoms with Gasteiger partial charge in [0.2, 0.25) is 0 Å². The van der Waals surface area contributed by atoms with E-state index < -0.39 is 5.76 Å². The highest BCUT2D eigenvalue weighted by atomic mass is 32.2. The molecule has 1 heterocycles. The Balaban J connectivity index is 2.57. The maximum Gasteiger partial charge on any atom is 0.288 e. The Labute approximate surface area is 99.9 Å². The number of thioether (sulfide) groups is 1. The van der Waals surface area contributed by atoms with E-state index in [-0.39, 0.29) is 12.5 Å². The third kappa shape index (κ3) is 4.07. The van der Waals surface area contributed by atoms with Gasteiger partial charge in [0.25, 0.3) is 11.7 Å². The van der Waals surface area contributed by atoms with Crippen LogP contribution in [-0.2, 0) is 0 Å². The minimum absolute atomic E-state index is 0.0106. The van der Waals surface area contributed by atoms with Crippen LogP contribution in [-0.4, -0.2) is 29.9 Å². The van der Waals surface area contributed by atoms with Crippen molar-refractivity contribution in [2.45, 2.75) is 17.1 Å². The minimum Gasteiger partial charge on any atom is -0.396 e. The van der Waals surface area contributed by atoms with Gasteiger partial charge in [-0.1, -0.05) is 11.8 Å². The van der Waals surface area contributed by atoms with E-state index >= 15 is 0 Å². The van der Waals surface area contributed by atoms with Crippen LogP contribution in [0.5, 0.6) is 0 Å². The molecular weight excluding hydrogens is 256 g/mol. The summed E-state index contributed by atoms with van der Waals surface area (Å²) in [6.45, 7) is 0.329. The molecule has 0 unspecified atom stereocenters. The van der Waals surface area contributed by atoms with Crippen molar-refractivity contribution in [3.05, 3.63) is 16.3 Å². The van der Waals surface area contributed by atoms with Gasteiger partial charge in [-0.25, -0.2) is 0 Å². The van der Waals surface area contributed by atoms with Crippen LogP contribution >= 0.6 is 23.1 Å². The first-order chi connectivity index (χ1) is 7.65. The van der Waals surface area contributed by atoms with Crippen molar-refractivity contribution in [2.75, 3.05) is 13.2 Å². The van der Waals surface area contributed by atoms with E-state index in [0.717, 1.165) is 11.3 Å². The van der Waals surface area contributed by atoms with Gasteiger partial charge in [-0.2, -0.15) is 8.78 Å². The summed E-state index contributed by atoms with van der Waals surface area (Å²) in [7, 11) is 0. The topological polar surface area (TPSA) is 49.3 Å². The molecule has 0 radical (unpaired) electrons. The second kappa shape index (κ2) is 6.82. The zero-order valence-electron chi connectivity index (χ0n) is 8.28. The van der Waals surface area contributed by atoms with Gasteiger partial charge in [-0.05, 0) is 17.9 Å². The van der Waals surface area contributed by atoms with Gasteiger partial charge in [-0.3, -0.25) is 4.79 Å². The normalized spacial score (nSPS) is 10.8. The number of alkyl halides is 2. The Morgan fingerprint density at radius 3 is 3.00 bits per heavy atom. The van der Waals surface area contributed by atoms with Crippen molar-refractivity contribution in [3.8, 4) is 0 Å². The molecule has 3 nitrogen and oxygen atoms in total. The summed E-state index contributed by atoms with van der Waals surface area (Å²) in [5.41, 5.74) is 0. The monoisotopic (exact) mass is 267 g/mol. The Bertz CT molecular complexity index is 344. The van der Waals surface area contributed by atoms with Gasteiger partial charge < -0.3 is 10.4 Å². The first-order valence-corrected chi connectivity index (χ1v) is 6.32. The van der Waals surface area contributed by atoms with Crippen LogP contribution in [0, 0.1) is 0 Å². The molecule has 2 N–H and O–H groups in total. The summed E-state index contributed by atoms with van der Waals surface area (Å²) in [6.07, 6.45) is 0.453. The van der Waals surface area contributed by atoms with Crippen molar-refractivity contribution in [1.82, 2.24) is 5.32 Å². The molecule has 16 heavy (non-hydrogen) atoms. The maximum absolute atomic E-state index is 12.2. The summed E-state index contributed by atoms with van der Waals surface area (Å²) >= 11 is 1.50. The fraction of sp³-hybridized carbons (Fsp3) is 0.444. The van der Waals surface area contributed by atoms with Gasteiger partial charge in [0, 0.05) is 18.0 Å². The van der Waals surface area contributed by atoms with Crippen molar-refractivity contribution in [3.63, 3.8) is 0 Å². The van der Waals surface area contributed by atoms with E-state index in [4.69, 9.17) is 5.11 Å². The van der Waals surface area contributed by atoms with Gasteiger partial charge in [0.15, 0.2) is 0 Å². The number of aliphatic hydroxyl groups excluding tert-OH is 1. The van der Waals surface area contributed by atoms with Crippen LogP contribution in [0.4, 0.5) is 8.78 Å². The lowest BCUT2D eigenvalue weighted by atomic mass is 10.4. The Kier molecular flexibility index (Phi) is 5.72. The van der Waals surface area contributed by atoms with E-state index in [1.165, 1.54) is 6.07 Å². The summed E-state index contributed by atoms with van der Waals surface area (Å²) in [5, 5.41) is 12.7. The molecule has 1 amide bonds. The lowest BCUT2D eigenvalue weighted by Gasteiger charge is -2.04. The van der Waals surface area contributed by atoms with Crippen molar-refractivity contribution in [1.29, 1.82) is 0 Å². The van der Waals surface area contributed by atoms with Crippen LogP contribution in [0.3, 0.4) is 0 Å². The fourth-order valence-corrected chi connectivity index (χ4v) is 2.63. The van der Waals surface area contributed by atoms with Crippen molar-refractivity contribution in [2.24, 2.45) is 0 Å². The molecule has 1 rings (SSSR count). The molecule has 0 aliphatic carbocycles. The van der Waals surface area contributed by atoms with E-state index in [2.05, 4.69) is 5.32 Å². The zero-order valence-corrected chi connectivity index (χ0v) is 9.91. The number of carbonyl (C=O) groups is 1. The molecule has 90 valence electrons. The average molecular weight is 267 g/mol. The number of carbonyl (C=O) groups excluding carboxylic acids is 1. The molecule has 0 aromatic carbocycles. The number of hydrogen-bond donors (Lipinski definition) is 2. The quantitative estimate of drug-likeness (QED) is 0.613. The number of thiophene rings is 1. The predicted octanol–water partition coefficient (Wildman–Crippen LogP) is 2.17. The van der Waals surface area contributed by atoms with E-state index in [0.29, 0.717) is 34.5 Å². The molecule has 0 fully saturated rings. The first-order valence-electron chi connectivity index (χ1n) is 4.56. The van der Waals surface area contributed by atoms with E-state index in [9.17, 15) is 13.6 Å². The molecule has 0 aliphatic rings. The molecule has 0 atom stereocenters. The Hall–Kier alpha value is -0.660. The summed E-state index contributed by atoms with van der Waals surface area (Å²) < 4.78 is 24.3. The molecular formula is C9H11F2NO2S2. The third-order valence-corrected chi connectivity index (χ3v) is 3.49. The lowest BCUT2D eigenvalue weighted by molar-refractivity contribution is 0.0952. The van der Waals surface area contributed by atoms with Crippen molar-refractivity contribution < 1.29 is 18.7 Å². The molecule has 0 saturated heterocycles. The molecule has 0 spiro atoms. The molecule has 0 aliphatic heterocycles. The number of rotatable bonds is 6. The smallest absolute Gasteiger partial charge is 0.288 e. The highest BCUT2D eigenvalue weighted by Gasteiger charge is 2.16. The zero-order chi connectivity index (χ0) is 12.0. The number of hydrogen-bond acceptors (Lipinski definition) is 4. The van der Waals surface area contributed by atoms with Gasteiger partial charge >= 0.3 is 0 Å². The standard InChI is InChI=1S/C9H11F2NO2S2/c10-9(11)16-6-2-5-15-7(6)8(14)12-3-1-4-13/h2,5,9,13H,1,3-4H2,(H,12,14). The summed E-state index contributed by atoms with van der Waals surface area (Å²) in [5.74, 6) is -2.90. The Morgan fingerprint density at radius 2 is 2.38 bits per heavy atom. The van der Waals surface area contributed by atoms with E-state index in [1.807, 2.05) is 0 Å². The minimum atomic E-state index is -2.53. The van der Waals surface area contributed by atoms with Crippen LogP contribution in [0.1, 0.15) is 16.1 Å². The van der Waals surface area contributed by atoms with Crippen molar-refractivity contribution >= 4 is 29.0 Å². The average Bonchev–Trinajstić information content (AvgIpc) is 2.65. The second-order valence-corrected chi connectivity index (χ2v) is 4.77. The molecule has 1 aromatic heterocycles. The third-order valence-electron chi connectivity index (χ3n) is 1.67. The van der Waals surface area contributed by atoms with Gasteiger partial charge in [0.05, 0.1) is 0 Å². The Morgan fingerprint density at radius 1 is 1.62 bits per heavy atom. The lowest BCUT2D eigenvalue weighted by Crippen LogP contribution is -2.24. The highest BCUT2D eigenvalue weighted by Crippen LogP contribution is 2.31. The largest absolute Gasteiger partial charge is 0.396 e. The number of aliphatic hydroxyl groups is 1. The second-order valence-electron chi connectivity index (χ2n) is 2.83. The molecule has 0 saturated carbocycles. The van der Waals surface area contributed by atoms with Crippen LogP contribution in [0.25, 0.3) is 0 Å². The summed E-state index contributed by atoms with van der Waals surface area (Å²) in [6, 6.07) is 1.50. The number of amides is 1. The molecule has 1 aromatic rings. The van der Waals surface area contributed by atoms with E-state index in [1.54, 1.807) is 5.38 Å². The maximum atomic E-state index is 12.2. The van der Waals surface area contributed by atoms with Crippen LogP contribution < -0.4 is 5.32 Å². The predicted molar refractivity (Wildman–Crippen MR) is 60.2 cm³/mol. The van der Waals surface area contributed by atoms with Gasteiger partial charge in [0.1, 0.15) is 4.88 Å². The number of nitrogens with one attached hydrogen (secondary N) is 1. The molecule has 0 bridgehead atoms. The SMILES string of the molecule is O=C(NCCCO)c1sccc1SC(F)F.